The van der Waals surface area contributed by atoms with Crippen LogP contribution in [0.3, 0.4) is 0 Å². The maximum atomic E-state index is 13.7. The van der Waals surface area contributed by atoms with Crippen molar-refractivity contribution >= 4 is 15.7 Å². The Labute approximate surface area is 188 Å². The number of amides is 1. The van der Waals surface area contributed by atoms with Crippen LogP contribution in [-0.4, -0.2) is 74.7 Å². The summed E-state index contributed by atoms with van der Waals surface area (Å²) in [6.07, 6.45) is 2.33. The molecular formula is C24H39N3O3S. The van der Waals surface area contributed by atoms with Crippen LogP contribution in [0.15, 0.2) is 23.1 Å². The van der Waals surface area contributed by atoms with Gasteiger partial charge < -0.3 is 10.2 Å². The normalized spacial score (nSPS) is 21.4. The highest BCUT2D eigenvalue weighted by Gasteiger charge is 2.53. The fourth-order valence-electron chi connectivity index (χ4n) is 4.97. The molecule has 0 bridgehead atoms. The van der Waals surface area contributed by atoms with Crippen molar-refractivity contribution in [2.45, 2.75) is 69.1 Å². The molecule has 2 aliphatic rings. The van der Waals surface area contributed by atoms with Gasteiger partial charge >= 0.3 is 0 Å². The average Bonchev–Trinajstić information content (AvgIpc) is 3.23. The first-order valence-electron chi connectivity index (χ1n) is 11.6. The summed E-state index contributed by atoms with van der Waals surface area (Å²) in [5, 5.41) is 3.08. The molecule has 0 spiro atoms. The van der Waals surface area contributed by atoms with Gasteiger partial charge in [-0.15, -0.1) is 0 Å². The fourth-order valence-corrected chi connectivity index (χ4v) is 7.14. The fraction of sp³-hybridized carbons (Fsp3) is 0.708. The molecule has 1 heterocycles. The number of likely N-dealkylation sites (N-methyl/N-ethyl adjacent to an activating group) is 1. The molecule has 0 radical (unpaired) electrons. The van der Waals surface area contributed by atoms with E-state index in [4.69, 9.17) is 0 Å². The Kier molecular flexibility index (Phi) is 7.49. The Morgan fingerprint density at radius 2 is 1.68 bits per heavy atom. The number of aryl methyl sites for hydroxylation is 2. The molecule has 31 heavy (non-hydrogen) atoms. The molecule has 1 saturated heterocycles. The molecule has 6 nitrogen and oxygen atoms in total. The summed E-state index contributed by atoms with van der Waals surface area (Å²) < 4.78 is 26.1. The van der Waals surface area contributed by atoms with E-state index in [1.807, 2.05) is 19.9 Å². The summed E-state index contributed by atoms with van der Waals surface area (Å²) in [5.74, 6) is 0.0580. The van der Waals surface area contributed by atoms with Gasteiger partial charge in [-0.3, -0.25) is 9.69 Å². The van der Waals surface area contributed by atoms with E-state index in [0.717, 1.165) is 50.1 Å². The standard InChI is InChI=1S/C24H39N3O3S/c1-18(2)22(27-14-12-26(5)13-15-27)17-25-23(28)24(10-6-7-11-24)31(29,30)21-9-8-19(3)20(4)16-21/h8-9,16,18,22H,6-7,10-15,17H2,1-5H3,(H,25,28)/t22-/m1/s1. The first-order valence-corrected chi connectivity index (χ1v) is 13.1. The van der Waals surface area contributed by atoms with E-state index in [-0.39, 0.29) is 16.8 Å². The lowest BCUT2D eigenvalue weighted by molar-refractivity contribution is -0.124. The molecule has 1 atom stereocenters. The van der Waals surface area contributed by atoms with Crippen LogP contribution < -0.4 is 5.32 Å². The molecule has 1 aliphatic carbocycles. The lowest BCUT2D eigenvalue weighted by Gasteiger charge is -2.40. The van der Waals surface area contributed by atoms with Gasteiger partial charge in [-0.2, -0.15) is 0 Å². The second-order valence-corrected chi connectivity index (χ2v) is 12.1. The molecule has 2 fully saturated rings. The molecule has 174 valence electrons. The van der Waals surface area contributed by atoms with Gasteiger partial charge in [-0.05, 0) is 62.9 Å². The van der Waals surface area contributed by atoms with E-state index >= 15 is 0 Å². The van der Waals surface area contributed by atoms with E-state index in [9.17, 15) is 13.2 Å². The van der Waals surface area contributed by atoms with E-state index in [2.05, 4.69) is 36.0 Å². The number of piperazine rings is 1. The van der Waals surface area contributed by atoms with Gasteiger partial charge in [-0.1, -0.05) is 32.8 Å². The number of hydrogen-bond acceptors (Lipinski definition) is 5. The van der Waals surface area contributed by atoms with Crippen LogP contribution in [0, 0.1) is 19.8 Å². The quantitative estimate of drug-likeness (QED) is 0.693. The third-order valence-electron chi connectivity index (χ3n) is 7.38. The highest BCUT2D eigenvalue weighted by atomic mass is 32.2. The van der Waals surface area contributed by atoms with Crippen molar-refractivity contribution in [3.8, 4) is 0 Å². The van der Waals surface area contributed by atoms with E-state index in [1.54, 1.807) is 12.1 Å². The molecule has 0 unspecified atom stereocenters. The summed E-state index contributed by atoms with van der Waals surface area (Å²) in [7, 11) is -1.64. The smallest absolute Gasteiger partial charge is 0.241 e. The Balaban J connectivity index is 1.80. The van der Waals surface area contributed by atoms with E-state index in [1.165, 1.54) is 0 Å². The molecule has 0 aromatic heterocycles. The summed E-state index contributed by atoms with van der Waals surface area (Å²) in [6.45, 7) is 12.7. The van der Waals surface area contributed by atoms with Crippen LogP contribution in [-0.2, 0) is 14.6 Å². The number of nitrogens with zero attached hydrogens (tertiary/aromatic N) is 2. The van der Waals surface area contributed by atoms with Crippen LogP contribution >= 0.6 is 0 Å². The summed E-state index contributed by atoms with van der Waals surface area (Å²) in [4.78, 5) is 18.5. The number of hydrogen-bond donors (Lipinski definition) is 1. The Hall–Kier alpha value is -1.44. The zero-order valence-corrected chi connectivity index (χ0v) is 20.6. The maximum absolute atomic E-state index is 13.7. The van der Waals surface area contributed by atoms with Gasteiger partial charge in [0.2, 0.25) is 5.91 Å². The third kappa shape index (κ3) is 4.83. The van der Waals surface area contributed by atoms with Gasteiger partial charge in [0, 0.05) is 38.8 Å². The van der Waals surface area contributed by atoms with Crippen molar-refractivity contribution in [3.05, 3.63) is 29.3 Å². The molecule has 1 aromatic rings. The van der Waals surface area contributed by atoms with Crippen LogP contribution in [0.25, 0.3) is 0 Å². The van der Waals surface area contributed by atoms with E-state index < -0.39 is 14.6 Å². The Morgan fingerprint density at radius 3 is 2.23 bits per heavy atom. The molecular weight excluding hydrogens is 410 g/mol. The van der Waals surface area contributed by atoms with Crippen LogP contribution in [0.1, 0.15) is 50.7 Å². The zero-order valence-electron chi connectivity index (χ0n) is 19.8. The largest absolute Gasteiger partial charge is 0.353 e. The van der Waals surface area contributed by atoms with Crippen molar-refractivity contribution in [1.82, 2.24) is 15.1 Å². The van der Waals surface area contributed by atoms with Crippen LogP contribution in [0.5, 0.6) is 0 Å². The topological polar surface area (TPSA) is 69.7 Å². The van der Waals surface area contributed by atoms with Gasteiger partial charge in [0.05, 0.1) is 4.90 Å². The molecule has 1 aromatic carbocycles. The number of benzene rings is 1. The lowest BCUT2D eigenvalue weighted by Crippen LogP contribution is -2.57. The van der Waals surface area contributed by atoms with E-state index in [0.29, 0.717) is 25.3 Å². The van der Waals surface area contributed by atoms with Crippen molar-refractivity contribution in [2.75, 3.05) is 39.8 Å². The Morgan fingerprint density at radius 1 is 1.06 bits per heavy atom. The van der Waals surface area contributed by atoms with Crippen molar-refractivity contribution < 1.29 is 13.2 Å². The maximum Gasteiger partial charge on any atom is 0.241 e. The van der Waals surface area contributed by atoms with Crippen LogP contribution in [0.2, 0.25) is 0 Å². The number of sulfone groups is 1. The number of carbonyl (C=O) groups excluding carboxylic acids is 1. The van der Waals surface area contributed by atoms with Gasteiger partial charge in [0.15, 0.2) is 14.6 Å². The molecule has 1 saturated carbocycles. The second-order valence-electron chi connectivity index (χ2n) is 9.81. The minimum absolute atomic E-state index is 0.209. The van der Waals surface area contributed by atoms with Crippen molar-refractivity contribution in [2.24, 2.45) is 5.92 Å². The molecule has 3 rings (SSSR count). The minimum atomic E-state index is -3.77. The van der Waals surface area contributed by atoms with Gasteiger partial charge in [-0.25, -0.2) is 8.42 Å². The third-order valence-corrected chi connectivity index (χ3v) is 9.87. The number of carbonyl (C=O) groups is 1. The summed E-state index contributed by atoms with van der Waals surface area (Å²) in [5.41, 5.74) is 1.99. The first-order chi connectivity index (χ1) is 14.6. The Bertz CT molecular complexity index is 883. The van der Waals surface area contributed by atoms with Crippen molar-refractivity contribution in [3.63, 3.8) is 0 Å². The summed E-state index contributed by atoms with van der Waals surface area (Å²) >= 11 is 0. The number of rotatable bonds is 7. The van der Waals surface area contributed by atoms with Crippen molar-refractivity contribution in [1.29, 1.82) is 0 Å². The van der Waals surface area contributed by atoms with Gasteiger partial charge in [0.25, 0.3) is 0 Å². The highest BCUT2D eigenvalue weighted by Crippen LogP contribution is 2.41. The minimum Gasteiger partial charge on any atom is -0.353 e. The predicted octanol–water partition coefficient (Wildman–Crippen LogP) is 2.78. The first kappa shape index (κ1) is 24.2. The molecule has 1 amide bonds. The lowest BCUT2D eigenvalue weighted by atomic mass is 10.0. The predicted molar refractivity (Wildman–Crippen MR) is 125 cm³/mol. The molecule has 1 N–H and O–H groups in total. The highest BCUT2D eigenvalue weighted by molar-refractivity contribution is 7.93. The van der Waals surface area contributed by atoms with Gasteiger partial charge in [0.1, 0.15) is 0 Å². The zero-order chi connectivity index (χ0) is 22.8. The SMILES string of the molecule is Cc1ccc(S(=O)(=O)C2(C(=O)NC[C@H](C(C)C)N3CCN(C)CC3)CCCC2)cc1C. The average molecular weight is 450 g/mol. The second kappa shape index (κ2) is 9.59. The monoisotopic (exact) mass is 449 g/mol. The number of nitrogens with one attached hydrogen (secondary N) is 1. The summed E-state index contributed by atoms with van der Waals surface area (Å²) in [6, 6.07) is 5.43. The molecule has 1 aliphatic heterocycles. The molecule has 7 heteroatoms. The van der Waals surface area contributed by atoms with Crippen LogP contribution in [0.4, 0.5) is 0 Å².